The van der Waals surface area contributed by atoms with Gasteiger partial charge in [-0.1, -0.05) is 18.2 Å². The molecule has 1 aromatic heterocycles. The Morgan fingerprint density at radius 1 is 1.23 bits per heavy atom. The van der Waals surface area contributed by atoms with Crippen molar-refractivity contribution in [2.24, 2.45) is 0 Å². The molecular weight excluding hydrogens is 423 g/mol. The van der Waals surface area contributed by atoms with Crippen molar-refractivity contribution in [1.82, 2.24) is 4.57 Å². The Morgan fingerprint density at radius 2 is 2.00 bits per heavy atom. The number of aromatic nitrogens is 1. The second kappa shape index (κ2) is 9.86. The van der Waals surface area contributed by atoms with Gasteiger partial charge in [0.05, 0.1) is 17.2 Å². The molecule has 0 aliphatic carbocycles. The van der Waals surface area contributed by atoms with Gasteiger partial charge < -0.3 is 15.2 Å². The van der Waals surface area contributed by atoms with Gasteiger partial charge in [0, 0.05) is 5.69 Å². The lowest BCUT2D eigenvalue weighted by Crippen LogP contribution is -2.36. The van der Waals surface area contributed by atoms with E-state index >= 15 is 0 Å². The summed E-state index contributed by atoms with van der Waals surface area (Å²) in [6, 6.07) is 11.7. The highest BCUT2D eigenvalue weighted by Gasteiger charge is 2.12. The molecule has 1 amide bonds. The van der Waals surface area contributed by atoms with Crippen LogP contribution in [0.1, 0.15) is 12.5 Å². The lowest BCUT2D eigenvalue weighted by molar-refractivity contribution is -0.135. The Bertz CT molecular complexity index is 1300. The molecule has 7 nitrogen and oxygen atoms in total. The molecular formula is C22H19FN2O5S. The fourth-order valence-corrected chi connectivity index (χ4v) is 3.78. The quantitative estimate of drug-likeness (QED) is 0.565. The highest BCUT2D eigenvalue weighted by molar-refractivity contribution is 7.07. The average Bonchev–Trinajstić information content (AvgIpc) is 2.97. The molecule has 3 aromatic rings. The molecule has 160 valence electrons. The number of hydrogen-bond acceptors (Lipinski definition) is 6. The average molecular weight is 442 g/mol. The standard InChI is InChI=1S/C22H19FN2O5S/c1-2-30-21(28)12-20-25(13-19(27)24-16-7-4-6-15(23)11-16)22(29)18(31-20)10-14-5-3-8-17(26)9-14/h3-12,26H,2,13H2,1H3,(H,24,27)/b18-10-,20-12-. The maximum atomic E-state index is 13.3. The number of carbonyl (C=O) groups excluding carboxylic acids is 2. The van der Waals surface area contributed by atoms with E-state index in [9.17, 15) is 23.9 Å². The first-order valence-corrected chi connectivity index (χ1v) is 10.1. The third-order valence-corrected chi connectivity index (χ3v) is 5.10. The molecule has 3 rings (SSSR count). The maximum absolute atomic E-state index is 13.3. The zero-order valence-corrected chi connectivity index (χ0v) is 17.3. The normalized spacial score (nSPS) is 12.1. The minimum Gasteiger partial charge on any atom is -0.508 e. The number of thiazole rings is 1. The van der Waals surface area contributed by atoms with E-state index in [2.05, 4.69) is 5.32 Å². The molecule has 0 bridgehead atoms. The number of aromatic hydroxyl groups is 1. The minimum absolute atomic E-state index is 0.0402. The predicted molar refractivity (Wildman–Crippen MR) is 116 cm³/mol. The predicted octanol–water partition coefficient (Wildman–Crippen LogP) is 1.57. The minimum atomic E-state index is -0.646. The van der Waals surface area contributed by atoms with Crippen LogP contribution in [0.4, 0.5) is 10.1 Å². The molecule has 1 heterocycles. The number of amides is 1. The van der Waals surface area contributed by atoms with Crippen molar-refractivity contribution < 1.29 is 23.8 Å². The van der Waals surface area contributed by atoms with Crippen LogP contribution in [0.2, 0.25) is 0 Å². The number of halogens is 1. The van der Waals surface area contributed by atoms with Gasteiger partial charge in [0.2, 0.25) is 5.91 Å². The largest absolute Gasteiger partial charge is 0.508 e. The van der Waals surface area contributed by atoms with Gasteiger partial charge in [-0.25, -0.2) is 9.18 Å². The van der Waals surface area contributed by atoms with Crippen molar-refractivity contribution in [2.45, 2.75) is 13.5 Å². The smallest absolute Gasteiger partial charge is 0.333 e. The monoisotopic (exact) mass is 442 g/mol. The third-order valence-electron chi connectivity index (χ3n) is 4.04. The van der Waals surface area contributed by atoms with Crippen LogP contribution in [0.5, 0.6) is 5.75 Å². The zero-order chi connectivity index (χ0) is 22.4. The fraction of sp³-hybridized carbons (Fsp3) is 0.136. The molecule has 0 spiro atoms. The van der Waals surface area contributed by atoms with Gasteiger partial charge in [-0.3, -0.25) is 14.2 Å². The third kappa shape index (κ3) is 5.89. The summed E-state index contributed by atoms with van der Waals surface area (Å²) < 4.78 is 19.9. The highest BCUT2D eigenvalue weighted by Crippen LogP contribution is 2.11. The van der Waals surface area contributed by atoms with E-state index in [4.69, 9.17) is 4.74 Å². The summed E-state index contributed by atoms with van der Waals surface area (Å²) in [5.74, 6) is -1.68. The summed E-state index contributed by atoms with van der Waals surface area (Å²) in [5, 5.41) is 12.2. The van der Waals surface area contributed by atoms with Crippen LogP contribution in [0, 0.1) is 5.82 Å². The van der Waals surface area contributed by atoms with Crippen LogP contribution in [0.3, 0.4) is 0 Å². The Labute approximate surface area is 180 Å². The van der Waals surface area contributed by atoms with E-state index in [1.807, 2.05) is 0 Å². The van der Waals surface area contributed by atoms with Gasteiger partial charge in [0.25, 0.3) is 5.56 Å². The molecule has 2 aromatic carbocycles. The Kier molecular flexibility index (Phi) is 6.99. The summed E-state index contributed by atoms with van der Waals surface area (Å²) in [4.78, 5) is 37.3. The SMILES string of the molecule is CCOC(=O)/C=c1\s/c(=C\c2cccc(O)c2)c(=O)n1CC(=O)Nc1cccc(F)c1. The van der Waals surface area contributed by atoms with Gasteiger partial charge in [-0.15, -0.1) is 11.3 Å². The van der Waals surface area contributed by atoms with Crippen LogP contribution in [0.25, 0.3) is 12.2 Å². The van der Waals surface area contributed by atoms with Crippen molar-refractivity contribution in [3.8, 4) is 5.75 Å². The summed E-state index contributed by atoms with van der Waals surface area (Å²) in [6.07, 6.45) is 2.70. The lowest BCUT2D eigenvalue weighted by Gasteiger charge is -2.06. The number of hydrogen-bond donors (Lipinski definition) is 2. The van der Waals surface area contributed by atoms with E-state index in [0.29, 0.717) is 5.56 Å². The number of phenolic OH excluding ortho intramolecular Hbond substituents is 1. The van der Waals surface area contributed by atoms with E-state index in [1.165, 1.54) is 30.3 Å². The molecule has 9 heteroatoms. The summed E-state index contributed by atoms with van der Waals surface area (Å²) in [6.45, 7) is 1.43. The van der Waals surface area contributed by atoms with Gasteiger partial charge in [-0.2, -0.15) is 0 Å². The Balaban J connectivity index is 2.00. The first-order chi connectivity index (χ1) is 14.9. The first kappa shape index (κ1) is 22.0. The topological polar surface area (TPSA) is 97.6 Å². The van der Waals surface area contributed by atoms with Gasteiger partial charge in [0.15, 0.2) is 0 Å². The van der Waals surface area contributed by atoms with Gasteiger partial charge >= 0.3 is 5.97 Å². The van der Waals surface area contributed by atoms with E-state index in [1.54, 1.807) is 25.1 Å². The number of esters is 1. The molecule has 0 saturated carbocycles. The highest BCUT2D eigenvalue weighted by atomic mass is 32.1. The second-order valence-electron chi connectivity index (χ2n) is 6.39. The van der Waals surface area contributed by atoms with Crippen LogP contribution in [0.15, 0.2) is 53.3 Å². The second-order valence-corrected chi connectivity index (χ2v) is 7.45. The molecule has 0 saturated heterocycles. The number of carbonyl (C=O) groups is 2. The van der Waals surface area contributed by atoms with E-state index < -0.39 is 23.3 Å². The van der Waals surface area contributed by atoms with Crippen LogP contribution >= 0.6 is 11.3 Å². The first-order valence-electron chi connectivity index (χ1n) is 9.30. The van der Waals surface area contributed by atoms with Crippen molar-refractivity contribution in [3.05, 3.63) is 79.5 Å². The number of phenols is 1. The number of benzene rings is 2. The molecule has 0 radical (unpaired) electrons. The molecule has 2 N–H and O–H groups in total. The molecule has 0 unspecified atom stereocenters. The fourth-order valence-electron chi connectivity index (χ4n) is 2.75. The number of rotatable bonds is 6. The number of ether oxygens (including phenoxy) is 1. The summed E-state index contributed by atoms with van der Waals surface area (Å²) >= 11 is 1.01. The van der Waals surface area contributed by atoms with Gasteiger partial charge in [-0.05, 0) is 48.9 Å². The number of nitrogens with one attached hydrogen (secondary N) is 1. The van der Waals surface area contributed by atoms with Crippen LogP contribution in [-0.2, 0) is 20.9 Å². The van der Waals surface area contributed by atoms with Crippen LogP contribution in [-0.4, -0.2) is 28.2 Å². The number of anilines is 1. The van der Waals surface area contributed by atoms with Crippen molar-refractivity contribution in [1.29, 1.82) is 0 Å². The van der Waals surface area contributed by atoms with Crippen molar-refractivity contribution >= 4 is 41.1 Å². The number of nitrogens with zero attached hydrogens (tertiary/aromatic N) is 1. The molecule has 0 aliphatic heterocycles. The van der Waals surface area contributed by atoms with Crippen molar-refractivity contribution in [3.63, 3.8) is 0 Å². The molecule has 31 heavy (non-hydrogen) atoms. The molecule has 0 fully saturated rings. The van der Waals surface area contributed by atoms with Crippen molar-refractivity contribution in [2.75, 3.05) is 11.9 Å². The Morgan fingerprint density at radius 3 is 2.71 bits per heavy atom. The van der Waals surface area contributed by atoms with E-state index in [-0.39, 0.29) is 33.8 Å². The zero-order valence-electron chi connectivity index (χ0n) is 16.5. The van der Waals surface area contributed by atoms with Gasteiger partial charge in [0.1, 0.15) is 22.8 Å². The maximum Gasteiger partial charge on any atom is 0.333 e. The van der Waals surface area contributed by atoms with Crippen LogP contribution < -0.4 is 20.1 Å². The van der Waals surface area contributed by atoms with E-state index in [0.717, 1.165) is 28.0 Å². The Hall–Kier alpha value is -3.72. The summed E-state index contributed by atoms with van der Waals surface area (Å²) in [7, 11) is 0. The molecule has 0 atom stereocenters. The lowest BCUT2D eigenvalue weighted by atomic mass is 10.2. The molecule has 0 aliphatic rings. The summed E-state index contributed by atoms with van der Waals surface area (Å²) in [5.41, 5.74) is 0.339.